The number of methoxy groups -OCH3 is 2. The maximum Gasteiger partial charge on any atom is 0.407 e. The number of H-pyrrole nitrogens is 2. The van der Waals surface area contributed by atoms with Gasteiger partial charge in [-0.1, -0.05) is 58.0 Å². The molecule has 2 saturated heterocycles. The summed E-state index contributed by atoms with van der Waals surface area (Å²) < 4.78 is 30.4. The summed E-state index contributed by atoms with van der Waals surface area (Å²) in [7, 11) is 2.60. The first-order chi connectivity index (χ1) is 32.4. The zero-order valence-electron chi connectivity index (χ0n) is 39.2. The van der Waals surface area contributed by atoms with Crippen LogP contribution in [-0.2, 0) is 41.6 Å². The fourth-order valence-corrected chi connectivity index (χ4v) is 10.1. The molecular weight excluding hydrogens is 877 g/mol. The van der Waals surface area contributed by atoms with Crippen LogP contribution in [0, 0.1) is 29.6 Å². The summed E-state index contributed by atoms with van der Waals surface area (Å²) in [6.45, 7) is 13.1. The molecule has 3 aliphatic rings. The van der Waals surface area contributed by atoms with Crippen LogP contribution in [0.3, 0.4) is 0 Å². The Morgan fingerprint density at radius 2 is 1.19 bits per heavy atom. The Bertz CT molecular complexity index is 2500. The molecule has 1 aliphatic carbocycles. The van der Waals surface area contributed by atoms with Crippen molar-refractivity contribution in [3.05, 3.63) is 60.4 Å². The van der Waals surface area contributed by atoms with E-state index < -0.39 is 24.3 Å². The maximum atomic E-state index is 14.4. The van der Waals surface area contributed by atoms with Gasteiger partial charge in [0.1, 0.15) is 34.8 Å². The molecular formula is C48H62N10O8S. The molecule has 1 saturated carbocycles. The summed E-state index contributed by atoms with van der Waals surface area (Å²) in [6.07, 6.45) is 4.92. The molecule has 0 radical (unpaired) electrons. The number of aromatic amines is 2. The number of nitrogens with zero attached hydrogens (tertiary/aromatic N) is 6. The smallest absolute Gasteiger partial charge is 0.407 e. The second kappa shape index (κ2) is 20.9. The molecule has 4 unspecified atom stereocenters. The van der Waals surface area contributed by atoms with Crippen molar-refractivity contribution in [2.45, 2.75) is 97.6 Å². The topological polar surface area (TPSA) is 219 Å². The highest BCUT2D eigenvalue weighted by Crippen LogP contribution is 2.44. The molecule has 67 heavy (non-hydrogen) atoms. The van der Waals surface area contributed by atoms with Crippen LogP contribution in [0.1, 0.15) is 72.0 Å². The maximum absolute atomic E-state index is 14.4. The molecule has 18 nitrogen and oxygen atoms in total. The minimum atomic E-state index is -0.765. The van der Waals surface area contributed by atoms with Crippen molar-refractivity contribution in [1.82, 2.24) is 49.1 Å². The van der Waals surface area contributed by atoms with Crippen LogP contribution in [-0.4, -0.2) is 127 Å². The molecule has 358 valence electrons. The number of carbonyl (C=O) groups excluding carboxylic acids is 4. The van der Waals surface area contributed by atoms with E-state index in [9.17, 15) is 19.2 Å². The normalized spacial score (nSPS) is 20.2. The van der Waals surface area contributed by atoms with Crippen molar-refractivity contribution in [3.63, 3.8) is 0 Å². The zero-order valence-corrected chi connectivity index (χ0v) is 40.1. The number of aromatic nitrogens is 6. The Morgan fingerprint density at radius 1 is 0.701 bits per heavy atom. The SMILES string of the molecule is COC(=O)NC(C(=O)N(Cc1ncc(-c2ccc(-c3ccc(-c4cnc(CN(C(=O)C(NC(=O)OC)C5CCOCC5)[C@H](C)C(C)C)[nH]4)c4nsnc34)cc2)[nH]1)C1C(C)[C@H]1C)C1CCOCC1. The standard InChI is InChI=1S/C48H62N10O8S/c1-26(2)29(5)57(45(59)40(53-47(61)63-6)32-14-18-65-19-15-32)24-38-50-23-37(52-38)35-13-12-34(42-43(35)56-67-55-42)30-8-10-31(11-9-30)36-22-49-39(51-36)25-58(44-27(3)28(44)4)46(60)41(54-48(62)64-7)33-16-20-66-21-17-33/h8-13,22-23,26-29,32-33,40-41,44H,14-21,24-25H2,1-7H3,(H,49,51)(H,50,52)(H,53,61)(H,54,62)/t27-,28?,29-,40?,41?,44?/m1/s1. The largest absolute Gasteiger partial charge is 0.453 e. The molecule has 3 fully saturated rings. The van der Waals surface area contributed by atoms with Crippen molar-refractivity contribution in [1.29, 1.82) is 0 Å². The van der Waals surface area contributed by atoms with Crippen molar-refractivity contribution < 1.29 is 38.1 Å². The Hall–Kier alpha value is -5.92. The van der Waals surface area contributed by atoms with Gasteiger partial charge in [0.25, 0.3) is 0 Å². The number of fused-ring (bicyclic) bond motifs is 1. The first-order valence-electron chi connectivity index (χ1n) is 23.3. The van der Waals surface area contributed by atoms with Crippen LogP contribution in [0.2, 0.25) is 0 Å². The van der Waals surface area contributed by atoms with Gasteiger partial charge in [0.2, 0.25) is 11.8 Å². The Kier molecular flexibility index (Phi) is 14.9. The fraction of sp³-hybridized carbons (Fsp3) is 0.542. The summed E-state index contributed by atoms with van der Waals surface area (Å²) in [5, 5.41) is 5.67. The third-order valence-electron chi connectivity index (χ3n) is 14.2. The van der Waals surface area contributed by atoms with Gasteiger partial charge in [-0.05, 0) is 79.4 Å². The lowest BCUT2D eigenvalue weighted by Crippen LogP contribution is -2.55. The van der Waals surface area contributed by atoms with E-state index in [2.05, 4.69) is 48.3 Å². The molecule has 5 heterocycles. The number of nitrogens with one attached hydrogen (secondary N) is 4. The van der Waals surface area contributed by atoms with E-state index in [-0.39, 0.29) is 54.7 Å². The number of benzene rings is 2. The van der Waals surface area contributed by atoms with E-state index in [1.54, 1.807) is 17.3 Å². The second-order valence-electron chi connectivity index (χ2n) is 18.4. The molecule has 6 atom stereocenters. The van der Waals surface area contributed by atoms with Crippen molar-refractivity contribution in [2.24, 2.45) is 29.6 Å². The van der Waals surface area contributed by atoms with Crippen LogP contribution in [0.25, 0.3) is 44.7 Å². The highest BCUT2D eigenvalue weighted by molar-refractivity contribution is 7.00. The molecule has 8 rings (SSSR count). The molecule has 0 spiro atoms. The molecule has 0 bridgehead atoms. The number of ether oxygens (including phenoxy) is 4. The lowest BCUT2D eigenvalue weighted by Gasteiger charge is -2.37. The van der Waals surface area contributed by atoms with Gasteiger partial charge in [0.15, 0.2) is 0 Å². The minimum Gasteiger partial charge on any atom is -0.453 e. The molecule has 3 aromatic heterocycles. The molecule has 5 aromatic rings. The molecule has 2 aliphatic heterocycles. The van der Waals surface area contributed by atoms with Crippen molar-refractivity contribution in [2.75, 3.05) is 40.6 Å². The Labute approximate surface area is 394 Å². The second-order valence-corrected chi connectivity index (χ2v) is 19.0. The highest BCUT2D eigenvalue weighted by Gasteiger charge is 2.51. The average molecular weight is 939 g/mol. The van der Waals surface area contributed by atoms with Crippen LogP contribution >= 0.6 is 11.7 Å². The number of carbonyl (C=O) groups is 4. The van der Waals surface area contributed by atoms with E-state index in [1.165, 1.54) is 14.2 Å². The van der Waals surface area contributed by atoms with Gasteiger partial charge >= 0.3 is 12.2 Å². The number of amides is 4. The van der Waals surface area contributed by atoms with E-state index in [4.69, 9.17) is 37.7 Å². The van der Waals surface area contributed by atoms with Gasteiger partial charge in [0.05, 0.1) is 62.8 Å². The van der Waals surface area contributed by atoms with Crippen molar-refractivity contribution >= 4 is 46.8 Å². The van der Waals surface area contributed by atoms with Crippen LogP contribution in [0.15, 0.2) is 48.8 Å². The molecule has 19 heteroatoms. The first-order valence-corrected chi connectivity index (χ1v) is 24.0. The van der Waals surface area contributed by atoms with E-state index in [0.717, 1.165) is 56.4 Å². The van der Waals surface area contributed by atoms with Gasteiger partial charge in [-0.25, -0.2) is 19.6 Å². The minimum absolute atomic E-state index is 0.0268. The molecule has 4 N–H and O–H groups in total. The van der Waals surface area contributed by atoms with Gasteiger partial charge in [0, 0.05) is 49.6 Å². The quantitative estimate of drug-likeness (QED) is 0.0804. The summed E-state index contributed by atoms with van der Waals surface area (Å²) in [5.74, 6) is 1.55. The monoisotopic (exact) mass is 938 g/mol. The van der Waals surface area contributed by atoms with Crippen molar-refractivity contribution in [3.8, 4) is 33.6 Å². The first kappa shape index (κ1) is 47.6. The third kappa shape index (κ3) is 10.5. The van der Waals surface area contributed by atoms with Crippen LogP contribution in [0.4, 0.5) is 9.59 Å². The van der Waals surface area contributed by atoms with Gasteiger partial charge < -0.3 is 49.3 Å². The molecule has 4 amide bonds. The average Bonchev–Trinajstić information content (AvgIpc) is 3.93. The predicted octanol–water partition coefficient (Wildman–Crippen LogP) is 6.80. The van der Waals surface area contributed by atoms with Gasteiger partial charge in [-0.3, -0.25) is 9.59 Å². The summed E-state index contributed by atoms with van der Waals surface area (Å²) in [4.78, 5) is 73.6. The Balaban J connectivity index is 0.983. The van der Waals surface area contributed by atoms with E-state index in [0.29, 0.717) is 75.6 Å². The number of alkyl carbamates (subject to hydrolysis) is 2. The number of imidazole rings is 2. The number of hydrogen-bond acceptors (Lipinski definition) is 13. The van der Waals surface area contributed by atoms with Crippen LogP contribution in [0.5, 0.6) is 0 Å². The lowest BCUT2D eigenvalue weighted by atomic mass is 9.90. The van der Waals surface area contributed by atoms with E-state index in [1.807, 2.05) is 48.2 Å². The Morgan fingerprint density at radius 3 is 1.75 bits per heavy atom. The lowest BCUT2D eigenvalue weighted by molar-refractivity contribution is -0.139. The third-order valence-corrected chi connectivity index (χ3v) is 14.7. The van der Waals surface area contributed by atoms with Crippen LogP contribution < -0.4 is 10.6 Å². The highest BCUT2D eigenvalue weighted by atomic mass is 32.1. The zero-order chi connectivity index (χ0) is 47.4. The van der Waals surface area contributed by atoms with E-state index >= 15 is 0 Å². The van der Waals surface area contributed by atoms with Gasteiger partial charge in [-0.2, -0.15) is 8.75 Å². The number of hydrogen-bond donors (Lipinski definition) is 4. The summed E-state index contributed by atoms with van der Waals surface area (Å²) >= 11 is 1.14. The fourth-order valence-electron chi connectivity index (χ4n) is 9.54. The predicted molar refractivity (Wildman–Crippen MR) is 251 cm³/mol. The van der Waals surface area contributed by atoms with Gasteiger partial charge in [-0.15, -0.1) is 0 Å². The molecule has 2 aromatic carbocycles. The summed E-state index contributed by atoms with van der Waals surface area (Å²) in [6, 6.07) is 10.6. The summed E-state index contributed by atoms with van der Waals surface area (Å²) in [5.41, 5.74) is 6.67. The number of rotatable bonds is 16.